The molecule has 0 aromatic heterocycles. The van der Waals surface area contributed by atoms with Crippen LogP contribution in [0.4, 0.5) is 11.4 Å². The van der Waals surface area contributed by atoms with Gasteiger partial charge in [-0.3, -0.25) is 9.69 Å². The van der Waals surface area contributed by atoms with Crippen molar-refractivity contribution in [1.29, 1.82) is 0 Å². The highest BCUT2D eigenvalue weighted by atomic mass is 32.2. The Bertz CT molecular complexity index is 959. The highest BCUT2D eigenvalue weighted by molar-refractivity contribution is 7.99. The number of thiocarbonyl (C=S) groups is 1. The first-order valence-electron chi connectivity index (χ1n) is 8.70. The second-order valence-corrected chi connectivity index (χ2v) is 7.76. The first-order chi connectivity index (χ1) is 13.1. The Morgan fingerprint density at radius 2 is 1.33 bits per heavy atom. The van der Waals surface area contributed by atoms with E-state index in [2.05, 4.69) is 24.3 Å². The van der Waals surface area contributed by atoms with Crippen LogP contribution in [0.5, 0.6) is 0 Å². The molecule has 0 bridgehead atoms. The molecule has 3 aromatic rings. The van der Waals surface area contributed by atoms with Crippen molar-refractivity contribution in [3.05, 3.63) is 84.9 Å². The Morgan fingerprint density at radius 3 is 1.96 bits per heavy atom. The molecule has 1 aliphatic heterocycles. The van der Waals surface area contributed by atoms with E-state index in [9.17, 15) is 4.79 Å². The summed E-state index contributed by atoms with van der Waals surface area (Å²) in [5.74, 6) is -0.00561. The van der Waals surface area contributed by atoms with Crippen molar-refractivity contribution in [1.82, 2.24) is 0 Å². The number of carbonyl (C=O) groups is 1. The molecule has 1 unspecified atom stereocenters. The number of amides is 1. The van der Waals surface area contributed by atoms with Gasteiger partial charge in [0.05, 0.1) is 5.69 Å². The highest BCUT2D eigenvalue weighted by Crippen LogP contribution is 2.33. The van der Waals surface area contributed by atoms with Crippen LogP contribution in [0, 0.1) is 0 Å². The molecule has 1 heterocycles. The van der Waals surface area contributed by atoms with E-state index in [1.807, 2.05) is 72.5 Å². The van der Waals surface area contributed by atoms with Crippen molar-refractivity contribution < 1.29 is 4.79 Å². The molecule has 1 saturated heterocycles. The number of hydrogen-bond acceptors (Lipinski definition) is 3. The summed E-state index contributed by atoms with van der Waals surface area (Å²) in [6.07, 6.45) is 0. The molecule has 134 valence electrons. The van der Waals surface area contributed by atoms with Crippen molar-refractivity contribution in [2.75, 3.05) is 9.80 Å². The van der Waals surface area contributed by atoms with Crippen LogP contribution in [0.15, 0.2) is 94.7 Å². The second kappa shape index (κ2) is 7.55. The van der Waals surface area contributed by atoms with Crippen molar-refractivity contribution in [2.45, 2.75) is 22.8 Å². The normalized spacial score (nSPS) is 16.9. The van der Waals surface area contributed by atoms with E-state index < -0.39 is 0 Å². The van der Waals surface area contributed by atoms with Crippen LogP contribution in [-0.2, 0) is 4.79 Å². The molecule has 27 heavy (non-hydrogen) atoms. The van der Waals surface area contributed by atoms with Crippen LogP contribution < -0.4 is 9.80 Å². The highest BCUT2D eigenvalue weighted by Gasteiger charge is 2.41. The number of nitrogens with zero attached hydrogens (tertiary/aromatic N) is 2. The van der Waals surface area contributed by atoms with Gasteiger partial charge < -0.3 is 4.90 Å². The third kappa shape index (κ3) is 3.48. The number of carbonyl (C=O) groups excluding carboxylic acids is 1. The molecule has 0 spiro atoms. The van der Waals surface area contributed by atoms with E-state index in [0.29, 0.717) is 5.11 Å². The Labute approximate surface area is 168 Å². The van der Waals surface area contributed by atoms with Gasteiger partial charge >= 0.3 is 0 Å². The molecule has 0 N–H and O–H groups in total. The molecule has 0 aliphatic carbocycles. The van der Waals surface area contributed by atoms with Gasteiger partial charge in [-0.2, -0.15) is 0 Å². The lowest BCUT2D eigenvalue weighted by Crippen LogP contribution is -2.33. The topological polar surface area (TPSA) is 23.6 Å². The summed E-state index contributed by atoms with van der Waals surface area (Å²) < 4.78 is 0. The third-order valence-corrected chi connectivity index (χ3v) is 5.87. The zero-order valence-electron chi connectivity index (χ0n) is 14.8. The molecule has 0 saturated carbocycles. The summed E-state index contributed by atoms with van der Waals surface area (Å²) in [6.45, 7) is 1.89. The van der Waals surface area contributed by atoms with Crippen LogP contribution in [-0.4, -0.2) is 17.1 Å². The van der Waals surface area contributed by atoms with Crippen molar-refractivity contribution in [3.63, 3.8) is 0 Å². The molecule has 0 radical (unpaired) electrons. The Kier molecular flexibility index (Phi) is 4.97. The smallest absolute Gasteiger partial charge is 0.256 e. The number of para-hydroxylation sites is 1. The van der Waals surface area contributed by atoms with E-state index in [4.69, 9.17) is 12.2 Å². The maximum atomic E-state index is 12.8. The van der Waals surface area contributed by atoms with Gasteiger partial charge in [-0.25, -0.2) is 0 Å². The van der Waals surface area contributed by atoms with Gasteiger partial charge in [-0.15, -0.1) is 0 Å². The van der Waals surface area contributed by atoms with Gasteiger partial charge in [0.1, 0.15) is 6.04 Å². The molecule has 4 rings (SSSR count). The average Bonchev–Trinajstić information content (AvgIpc) is 2.93. The van der Waals surface area contributed by atoms with Gasteiger partial charge in [0.25, 0.3) is 5.91 Å². The molecule has 1 fully saturated rings. The third-order valence-electron chi connectivity index (χ3n) is 4.47. The van der Waals surface area contributed by atoms with Crippen LogP contribution in [0.1, 0.15) is 6.92 Å². The predicted molar refractivity (Wildman–Crippen MR) is 115 cm³/mol. The lowest BCUT2D eigenvalue weighted by molar-refractivity contribution is -0.117. The van der Waals surface area contributed by atoms with Gasteiger partial charge in [0.15, 0.2) is 5.11 Å². The molecule has 1 aliphatic rings. The summed E-state index contributed by atoms with van der Waals surface area (Å²) >= 11 is 7.35. The van der Waals surface area contributed by atoms with Gasteiger partial charge in [0, 0.05) is 15.5 Å². The fourth-order valence-electron chi connectivity index (χ4n) is 3.11. The summed E-state index contributed by atoms with van der Waals surface area (Å²) in [5, 5.41) is 0.516. The summed E-state index contributed by atoms with van der Waals surface area (Å²) in [6, 6.07) is 27.7. The van der Waals surface area contributed by atoms with E-state index in [1.165, 1.54) is 4.90 Å². The van der Waals surface area contributed by atoms with E-state index in [0.717, 1.165) is 16.3 Å². The van der Waals surface area contributed by atoms with Gasteiger partial charge in [0.2, 0.25) is 0 Å². The average molecular weight is 391 g/mol. The molecular formula is C22H18N2OS2. The van der Waals surface area contributed by atoms with Crippen molar-refractivity contribution >= 4 is 46.4 Å². The van der Waals surface area contributed by atoms with Gasteiger partial charge in [-0.1, -0.05) is 48.2 Å². The van der Waals surface area contributed by atoms with Gasteiger partial charge in [-0.05, 0) is 67.7 Å². The Morgan fingerprint density at radius 1 is 0.778 bits per heavy atom. The SMILES string of the molecule is CC1C(=O)N(c2ccccc2)C(=S)N1c1ccc(Sc2ccccc2)cc1. The fraction of sp³-hybridized carbons (Fsp3) is 0.0909. The Hall–Kier alpha value is -2.63. The number of rotatable bonds is 4. The minimum atomic E-state index is -0.328. The molecule has 1 amide bonds. The molecule has 5 heteroatoms. The zero-order valence-corrected chi connectivity index (χ0v) is 16.4. The maximum absolute atomic E-state index is 12.8. The quantitative estimate of drug-likeness (QED) is 0.559. The predicted octanol–water partition coefficient (Wildman–Crippen LogP) is 5.36. The number of hydrogen-bond donors (Lipinski definition) is 0. The van der Waals surface area contributed by atoms with E-state index >= 15 is 0 Å². The largest absolute Gasteiger partial charge is 0.306 e. The first kappa shape index (κ1) is 17.8. The molecular weight excluding hydrogens is 372 g/mol. The van der Waals surface area contributed by atoms with E-state index in [-0.39, 0.29) is 11.9 Å². The minimum Gasteiger partial charge on any atom is -0.306 e. The van der Waals surface area contributed by atoms with Crippen LogP contribution >= 0.6 is 24.0 Å². The first-order valence-corrected chi connectivity index (χ1v) is 9.93. The molecule has 1 atom stereocenters. The second-order valence-electron chi connectivity index (χ2n) is 6.25. The lowest BCUT2D eigenvalue weighted by Gasteiger charge is -2.22. The molecule has 3 aromatic carbocycles. The maximum Gasteiger partial charge on any atom is 0.256 e. The monoisotopic (exact) mass is 390 g/mol. The fourth-order valence-corrected chi connectivity index (χ4v) is 4.41. The zero-order chi connectivity index (χ0) is 18.8. The minimum absolute atomic E-state index is 0.00561. The Balaban J connectivity index is 1.58. The molecule has 3 nitrogen and oxygen atoms in total. The van der Waals surface area contributed by atoms with Crippen molar-refractivity contribution in [2.24, 2.45) is 0 Å². The lowest BCUT2D eigenvalue weighted by atomic mass is 10.2. The number of anilines is 2. The summed E-state index contributed by atoms with van der Waals surface area (Å²) in [7, 11) is 0. The van der Waals surface area contributed by atoms with E-state index in [1.54, 1.807) is 16.7 Å². The number of benzene rings is 3. The van der Waals surface area contributed by atoms with Crippen LogP contribution in [0.3, 0.4) is 0 Å². The standard InChI is InChI=1S/C22H18N2OS2/c1-16-21(25)24(17-8-4-2-5-9-17)22(26)23(16)18-12-14-20(15-13-18)27-19-10-6-3-7-11-19/h2-16H,1H3. The summed E-state index contributed by atoms with van der Waals surface area (Å²) in [4.78, 5) is 18.7. The van der Waals surface area contributed by atoms with Crippen LogP contribution in [0.2, 0.25) is 0 Å². The van der Waals surface area contributed by atoms with Crippen molar-refractivity contribution in [3.8, 4) is 0 Å². The summed E-state index contributed by atoms with van der Waals surface area (Å²) in [5.41, 5.74) is 1.73. The van der Waals surface area contributed by atoms with Crippen LogP contribution in [0.25, 0.3) is 0 Å².